The molecule has 0 heterocycles. The number of benzene rings is 2. The van der Waals surface area contributed by atoms with Crippen LogP contribution in [0.2, 0.25) is 0 Å². The van der Waals surface area contributed by atoms with E-state index in [2.05, 4.69) is 0 Å². The van der Waals surface area contributed by atoms with Gasteiger partial charge in [0.1, 0.15) is 0 Å². The fourth-order valence-corrected chi connectivity index (χ4v) is 2.99. The number of carbonyl (C=O) groups excluding carboxylic acids is 2. The first-order valence-electron chi connectivity index (χ1n) is 6.20. The van der Waals surface area contributed by atoms with Crippen LogP contribution in [0.4, 0.5) is 0 Å². The van der Waals surface area contributed by atoms with E-state index in [4.69, 9.17) is 4.74 Å². The van der Waals surface area contributed by atoms with Crippen molar-refractivity contribution in [2.24, 2.45) is 0 Å². The van der Waals surface area contributed by atoms with Crippen LogP contribution >= 0.6 is 23.5 Å². The molecule has 2 aromatic rings. The first kappa shape index (κ1) is 15.7. The standard InChI is InChI=1S/C16H14O3S2/c1-20-13-9-5-3-7-11(13)15(17)19-16(18)12-8-4-6-10-14(12)21-2/h3-10H,1-2H3. The van der Waals surface area contributed by atoms with Gasteiger partial charge in [0, 0.05) is 9.79 Å². The van der Waals surface area contributed by atoms with E-state index in [1.165, 1.54) is 23.5 Å². The molecular formula is C16H14O3S2. The van der Waals surface area contributed by atoms with Gasteiger partial charge in [0.05, 0.1) is 11.1 Å². The summed E-state index contributed by atoms with van der Waals surface area (Å²) in [6, 6.07) is 14.1. The van der Waals surface area contributed by atoms with Crippen LogP contribution in [0.5, 0.6) is 0 Å². The molecule has 2 aromatic carbocycles. The number of carbonyl (C=O) groups is 2. The van der Waals surface area contributed by atoms with Crippen molar-refractivity contribution < 1.29 is 14.3 Å². The van der Waals surface area contributed by atoms with E-state index in [9.17, 15) is 9.59 Å². The van der Waals surface area contributed by atoms with Crippen molar-refractivity contribution in [1.82, 2.24) is 0 Å². The molecule has 3 nitrogen and oxygen atoms in total. The number of rotatable bonds is 4. The molecule has 0 aliphatic rings. The maximum absolute atomic E-state index is 12.1. The normalized spacial score (nSPS) is 10.2. The molecule has 0 radical (unpaired) electrons. The van der Waals surface area contributed by atoms with Gasteiger partial charge in [-0.15, -0.1) is 23.5 Å². The first-order valence-corrected chi connectivity index (χ1v) is 8.65. The highest BCUT2D eigenvalue weighted by molar-refractivity contribution is 7.99. The Kier molecular flexibility index (Phi) is 5.47. The molecule has 0 aromatic heterocycles. The lowest BCUT2D eigenvalue weighted by Crippen LogP contribution is -2.14. The van der Waals surface area contributed by atoms with E-state index >= 15 is 0 Å². The van der Waals surface area contributed by atoms with Gasteiger partial charge in [0.25, 0.3) is 0 Å². The number of esters is 2. The monoisotopic (exact) mass is 318 g/mol. The van der Waals surface area contributed by atoms with E-state index in [0.717, 1.165) is 9.79 Å². The summed E-state index contributed by atoms with van der Waals surface area (Å²) >= 11 is 2.88. The SMILES string of the molecule is CSc1ccccc1C(=O)OC(=O)c1ccccc1SC. The summed E-state index contributed by atoms with van der Waals surface area (Å²) in [7, 11) is 0. The zero-order valence-electron chi connectivity index (χ0n) is 11.7. The Morgan fingerprint density at radius 2 is 1.14 bits per heavy atom. The predicted molar refractivity (Wildman–Crippen MR) is 86.2 cm³/mol. The Labute approximate surface area is 132 Å². The van der Waals surface area contributed by atoms with Gasteiger partial charge in [0.15, 0.2) is 0 Å². The second kappa shape index (κ2) is 7.33. The van der Waals surface area contributed by atoms with Gasteiger partial charge in [-0.05, 0) is 36.8 Å². The second-order valence-corrected chi connectivity index (χ2v) is 5.77. The maximum atomic E-state index is 12.1. The van der Waals surface area contributed by atoms with Gasteiger partial charge in [-0.2, -0.15) is 0 Å². The first-order chi connectivity index (χ1) is 10.2. The highest BCUT2D eigenvalue weighted by Gasteiger charge is 2.19. The van der Waals surface area contributed by atoms with Crippen molar-refractivity contribution in [3.05, 3.63) is 59.7 Å². The Hall–Kier alpha value is -1.72. The fraction of sp³-hybridized carbons (Fsp3) is 0.125. The van der Waals surface area contributed by atoms with Gasteiger partial charge in [0.2, 0.25) is 0 Å². The summed E-state index contributed by atoms with van der Waals surface area (Å²) in [5.74, 6) is -1.25. The average molecular weight is 318 g/mol. The van der Waals surface area contributed by atoms with E-state index in [-0.39, 0.29) is 0 Å². The van der Waals surface area contributed by atoms with E-state index in [1.54, 1.807) is 24.3 Å². The molecular weight excluding hydrogens is 304 g/mol. The molecule has 0 N–H and O–H groups in total. The van der Waals surface area contributed by atoms with Crippen molar-refractivity contribution in [3.8, 4) is 0 Å². The molecule has 0 spiro atoms. The van der Waals surface area contributed by atoms with E-state index in [1.807, 2.05) is 36.8 Å². The summed E-state index contributed by atoms with van der Waals surface area (Å²) < 4.78 is 5.00. The quantitative estimate of drug-likeness (QED) is 0.482. The molecule has 0 saturated carbocycles. The smallest absolute Gasteiger partial charge is 0.347 e. The van der Waals surface area contributed by atoms with Crippen molar-refractivity contribution in [1.29, 1.82) is 0 Å². The zero-order valence-corrected chi connectivity index (χ0v) is 13.3. The topological polar surface area (TPSA) is 43.4 Å². The highest BCUT2D eigenvalue weighted by atomic mass is 32.2. The summed E-state index contributed by atoms with van der Waals surface area (Å²) in [5.41, 5.74) is 0.806. The van der Waals surface area contributed by atoms with Crippen molar-refractivity contribution >= 4 is 35.5 Å². The van der Waals surface area contributed by atoms with Crippen molar-refractivity contribution in [3.63, 3.8) is 0 Å². The molecule has 0 aliphatic carbocycles. The summed E-state index contributed by atoms with van der Waals surface area (Å²) in [5, 5.41) is 0. The zero-order chi connectivity index (χ0) is 15.2. The van der Waals surface area contributed by atoms with Crippen LogP contribution in [0, 0.1) is 0 Å². The predicted octanol–water partition coefficient (Wildman–Crippen LogP) is 4.13. The minimum Gasteiger partial charge on any atom is -0.386 e. The largest absolute Gasteiger partial charge is 0.386 e. The maximum Gasteiger partial charge on any atom is 0.347 e. The minimum absolute atomic E-state index is 0.403. The number of hydrogen-bond acceptors (Lipinski definition) is 5. The molecule has 0 amide bonds. The number of thioether (sulfide) groups is 2. The average Bonchev–Trinajstić information content (AvgIpc) is 2.54. The number of hydrogen-bond donors (Lipinski definition) is 0. The van der Waals surface area contributed by atoms with Crippen LogP contribution in [-0.2, 0) is 4.74 Å². The summed E-state index contributed by atoms with van der Waals surface area (Å²) in [4.78, 5) is 25.9. The molecule has 0 atom stereocenters. The lowest BCUT2D eigenvalue weighted by atomic mass is 10.2. The lowest BCUT2D eigenvalue weighted by molar-refractivity contribution is 0.0393. The van der Waals surface area contributed by atoms with Gasteiger partial charge in [-0.3, -0.25) is 0 Å². The third-order valence-electron chi connectivity index (χ3n) is 2.84. The van der Waals surface area contributed by atoms with Gasteiger partial charge in [-0.1, -0.05) is 24.3 Å². The molecule has 0 fully saturated rings. The van der Waals surface area contributed by atoms with Crippen LogP contribution in [0.3, 0.4) is 0 Å². The third kappa shape index (κ3) is 3.68. The lowest BCUT2D eigenvalue weighted by Gasteiger charge is -2.08. The Morgan fingerprint density at radius 1 is 0.762 bits per heavy atom. The van der Waals surface area contributed by atoms with Crippen molar-refractivity contribution in [2.75, 3.05) is 12.5 Å². The minimum atomic E-state index is -0.624. The van der Waals surface area contributed by atoms with E-state index in [0.29, 0.717) is 11.1 Å². The molecule has 5 heteroatoms. The van der Waals surface area contributed by atoms with Crippen LogP contribution in [0.1, 0.15) is 20.7 Å². The molecule has 2 rings (SSSR count). The third-order valence-corrected chi connectivity index (χ3v) is 4.43. The second-order valence-electron chi connectivity index (χ2n) is 4.08. The van der Waals surface area contributed by atoms with Crippen LogP contribution in [-0.4, -0.2) is 24.5 Å². The van der Waals surface area contributed by atoms with Crippen LogP contribution < -0.4 is 0 Å². The molecule has 0 aliphatic heterocycles. The molecule has 0 bridgehead atoms. The van der Waals surface area contributed by atoms with Gasteiger partial charge >= 0.3 is 11.9 Å². The highest BCUT2D eigenvalue weighted by Crippen LogP contribution is 2.23. The molecule has 108 valence electrons. The van der Waals surface area contributed by atoms with Gasteiger partial charge in [-0.25, -0.2) is 9.59 Å². The Balaban J connectivity index is 2.21. The molecule has 0 saturated heterocycles. The van der Waals surface area contributed by atoms with Crippen LogP contribution in [0.15, 0.2) is 58.3 Å². The summed E-state index contributed by atoms with van der Waals surface area (Å²) in [6.45, 7) is 0. The van der Waals surface area contributed by atoms with E-state index < -0.39 is 11.9 Å². The molecule has 21 heavy (non-hydrogen) atoms. The van der Waals surface area contributed by atoms with Gasteiger partial charge < -0.3 is 4.74 Å². The Bertz CT molecular complexity index is 611. The summed E-state index contributed by atoms with van der Waals surface area (Å²) in [6.07, 6.45) is 3.74. The number of ether oxygens (including phenoxy) is 1. The van der Waals surface area contributed by atoms with Crippen molar-refractivity contribution in [2.45, 2.75) is 9.79 Å². The Morgan fingerprint density at radius 3 is 1.52 bits per heavy atom. The molecule has 0 unspecified atom stereocenters. The fourth-order valence-electron chi connectivity index (χ4n) is 1.82. The van der Waals surface area contributed by atoms with Crippen LogP contribution in [0.25, 0.3) is 0 Å².